The zero-order valence-corrected chi connectivity index (χ0v) is 10.1. The van der Waals surface area contributed by atoms with Crippen LogP contribution in [0.25, 0.3) is 17.0 Å². The Labute approximate surface area is 96.3 Å². The summed E-state index contributed by atoms with van der Waals surface area (Å²) >= 11 is 0. The molecule has 0 aliphatic carbocycles. The van der Waals surface area contributed by atoms with E-state index in [4.69, 9.17) is 5.84 Å². The van der Waals surface area contributed by atoms with Gasteiger partial charge in [0.1, 0.15) is 0 Å². The maximum absolute atomic E-state index is 6.03. The molecule has 2 nitrogen and oxygen atoms in total. The standard InChI is InChI=1S/C14H18N2/c1-10(2)8-9-12-11(3)16(15)14-7-5-4-6-13(12)14/h4-10H,15H2,1-3H3/b9-8-. The first-order chi connectivity index (χ1) is 7.61. The van der Waals surface area contributed by atoms with Gasteiger partial charge in [0, 0.05) is 16.6 Å². The lowest BCUT2D eigenvalue weighted by atomic mass is 10.1. The Morgan fingerprint density at radius 1 is 1.25 bits per heavy atom. The Hall–Kier alpha value is -1.70. The molecule has 2 heteroatoms. The van der Waals surface area contributed by atoms with Crippen molar-refractivity contribution in [3.05, 3.63) is 41.6 Å². The molecule has 2 aromatic rings. The Morgan fingerprint density at radius 3 is 2.62 bits per heavy atom. The highest BCUT2D eigenvalue weighted by atomic mass is 15.3. The number of hydrogen-bond acceptors (Lipinski definition) is 1. The van der Waals surface area contributed by atoms with E-state index >= 15 is 0 Å². The molecule has 1 aromatic carbocycles. The largest absolute Gasteiger partial charge is 0.339 e. The Balaban J connectivity index is 2.64. The van der Waals surface area contributed by atoms with E-state index in [0.29, 0.717) is 5.92 Å². The first kappa shape index (κ1) is 10.8. The molecule has 0 saturated carbocycles. The van der Waals surface area contributed by atoms with Crippen LogP contribution in [0, 0.1) is 12.8 Å². The van der Waals surface area contributed by atoms with E-state index in [1.807, 2.05) is 6.07 Å². The highest BCUT2D eigenvalue weighted by Crippen LogP contribution is 2.25. The van der Waals surface area contributed by atoms with Crippen molar-refractivity contribution in [2.45, 2.75) is 20.8 Å². The summed E-state index contributed by atoms with van der Waals surface area (Å²) in [6.45, 7) is 6.40. The summed E-state index contributed by atoms with van der Waals surface area (Å²) in [6, 6.07) is 8.23. The van der Waals surface area contributed by atoms with Gasteiger partial charge in [0.05, 0.1) is 5.52 Å². The van der Waals surface area contributed by atoms with Gasteiger partial charge in [-0.05, 0) is 18.9 Å². The van der Waals surface area contributed by atoms with Gasteiger partial charge in [-0.15, -0.1) is 0 Å². The number of benzene rings is 1. The van der Waals surface area contributed by atoms with E-state index in [1.165, 1.54) is 10.9 Å². The SMILES string of the molecule is Cc1c(/C=C\C(C)C)c2ccccc2n1N. The van der Waals surface area contributed by atoms with Crippen LogP contribution in [0.2, 0.25) is 0 Å². The van der Waals surface area contributed by atoms with Gasteiger partial charge in [-0.2, -0.15) is 0 Å². The van der Waals surface area contributed by atoms with Crippen molar-refractivity contribution in [3.63, 3.8) is 0 Å². The predicted octanol–water partition coefficient (Wildman–Crippen LogP) is 3.33. The molecule has 84 valence electrons. The van der Waals surface area contributed by atoms with Crippen molar-refractivity contribution in [2.24, 2.45) is 5.92 Å². The Bertz CT molecular complexity index is 533. The molecule has 0 aliphatic rings. The van der Waals surface area contributed by atoms with Gasteiger partial charge in [0.15, 0.2) is 0 Å². The van der Waals surface area contributed by atoms with Crippen LogP contribution in [-0.2, 0) is 0 Å². The molecule has 0 unspecified atom stereocenters. The molecule has 0 amide bonds. The van der Waals surface area contributed by atoms with Crippen molar-refractivity contribution < 1.29 is 0 Å². The van der Waals surface area contributed by atoms with E-state index in [2.05, 4.69) is 51.1 Å². The van der Waals surface area contributed by atoms with Crippen molar-refractivity contribution in [1.29, 1.82) is 0 Å². The zero-order valence-electron chi connectivity index (χ0n) is 10.1. The number of allylic oxidation sites excluding steroid dienone is 1. The fraction of sp³-hybridized carbons (Fsp3) is 0.286. The topological polar surface area (TPSA) is 30.9 Å². The molecule has 0 spiro atoms. The highest BCUT2D eigenvalue weighted by Gasteiger charge is 2.08. The molecule has 1 aromatic heterocycles. The molecule has 0 atom stereocenters. The van der Waals surface area contributed by atoms with Crippen LogP contribution in [0.5, 0.6) is 0 Å². The predicted molar refractivity (Wildman–Crippen MR) is 70.7 cm³/mol. The molecule has 0 fully saturated rings. The second-order valence-corrected chi connectivity index (χ2v) is 4.49. The molecule has 0 radical (unpaired) electrons. The summed E-state index contributed by atoms with van der Waals surface area (Å²) < 4.78 is 1.76. The van der Waals surface area contributed by atoms with Gasteiger partial charge < -0.3 is 5.84 Å². The molecule has 0 aliphatic heterocycles. The third-order valence-electron chi connectivity index (χ3n) is 2.85. The van der Waals surface area contributed by atoms with Gasteiger partial charge in [0.25, 0.3) is 0 Å². The minimum Gasteiger partial charge on any atom is -0.339 e. The lowest BCUT2D eigenvalue weighted by Crippen LogP contribution is -2.09. The summed E-state index contributed by atoms with van der Waals surface area (Å²) in [7, 11) is 0. The average molecular weight is 214 g/mol. The van der Waals surface area contributed by atoms with Crippen molar-refractivity contribution >= 4 is 17.0 Å². The van der Waals surface area contributed by atoms with Gasteiger partial charge in [-0.25, -0.2) is 0 Å². The summed E-state index contributed by atoms with van der Waals surface area (Å²) in [5, 5.41) is 1.22. The first-order valence-corrected chi connectivity index (χ1v) is 5.64. The van der Waals surface area contributed by atoms with Crippen LogP contribution in [0.4, 0.5) is 0 Å². The second kappa shape index (κ2) is 4.05. The number of fused-ring (bicyclic) bond motifs is 1. The van der Waals surface area contributed by atoms with Crippen LogP contribution in [-0.4, -0.2) is 4.68 Å². The number of rotatable bonds is 2. The van der Waals surface area contributed by atoms with Crippen LogP contribution < -0.4 is 5.84 Å². The lowest BCUT2D eigenvalue weighted by molar-refractivity contribution is 0.836. The number of nitrogen functional groups attached to an aromatic ring is 1. The molecule has 0 bridgehead atoms. The Kier molecular flexibility index (Phi) is 2.73. The van der Waals surface area contributed by atoms with Crippen LogP contribution in [0.15, 0.2) is 30.3 Å². The summed E-state index contributed by atoms with van der Waals surface area (Å²) in [5.74, 6) is 6.58. The monoisotopic (exact) mass is 214 g/mol. The van der Waals surface area contributed by atoms with Gasteiger partial charge in [-0.3, -0.25) is 4.68 Å². The second-order valence-electron chi connectivity index (χ2n) is 4.49. The van der Waals surface area contributed by atoms with E-state index in [1.54, 1.807) is 4.68 Å². The smallest absolute Gasteiger partial charge is 0.0699 e. The van der Waals surface area contributed by atoms with Crippen LogP contribution in [0.1, 0.15) is 25.1 Å². The first-order valence-electron chi connectivity index (χ1n) is 5.64. The maximum atomic E-state index is 6.03. The van der Waals surface area contributed by atoms with E-state index in [0.717, 1.165) is 11.2 Å². The third-order valence-corrected chi connectivity index (χ3v) is 2.85. The van der Waals surface area contributed by atoms with Gasteiger partial charge >= 0.3 is 0 Å². The summed E-state index contributed by atoms with van der Waals surface area (Å²) in [6.07, 6.45) is 4.38. The van der Waals surface area contributed by atoms with E-state index in [-0.39, 0.29) is 0 Å². The lowest BCUT2D eigenvalue weighted by Gasteiger charge is -1.98. The van der Waals surface area contributed by atoms with Gasteiger partial charge in [0.2, 0.25) is 0 Å². The number of nitrogens with two attached hydrogens (primary N) is 1. The quantitative estimate of drug-likeness (QED) is 0.764. The fourth-order valence-electron chi connectivity index (χ4n) is 1.92. The van der Waals surface area contributed by atoms with E-state index < -0.39 is 0 Å². The number of para-hydroxylation sites is 1. The van der Waals surface area contributed by atoms with Crippen molar-refractivity contribution in [2.75, 3.05) is 5.84 Å². The molecule has 2 rings (SSSR count). The third kappa shape index (κ3) is 1.71. The van der Waals surface area contributed by atoms with Crippen molar-refractivity contribution in [1.82, 2.24) is 4.68 Å². The highest BCUT2D eigenvalue weighted by molar-refractivity contribution is 5.91. The molecule has 1 heterocycles. The molecular formula is C14H18N2. The summed E-state index contributed by atoms with van der Waals surface area (Å²) in [4.78, 5) is 0. The van der Waals surface area contributed by atoms with Crippen LogP contribution >= 0.6 is 0 Å². The average Bonchev–Trinajstić information content (AvgIpc) is 2.50. The van der Waals surface area contributed by atoms with Crippen LogP contribution in [0.3, 0.4) is 0 Å². The van der Waals surface area contributed by atoms with Gasteiger partial charge in [-0.1, -0.05) is 44.2 Å². The maximum Gasteiger partial charge on any atom is 0.0699 e. The van der Waals surface area contributed by atoms with Crippen molar-refractivity contribution in [3.8, 4) is 0 Å². The number of hydrogen-bond donors (Lipinski definition) is 1. The molecule has 16 heavy (non-hydrogen) atoms. The fourth-order valence-corrected chi connectivity index (χ4v) is 1.92. The summed E-state index contributed by atoms with van der Waals surface area (Å²) in [5.41, 5.74) is 3.42. The molecular weight excluding hydrogens is 196 g/mol. The molecule has 0 saturated heterocycles. The number of nitrogens with zero attached hydrogens (tertiary/aromatic N) is 1. The minimum absolute atomic E-state index is 0.555. The normalized spacial score (nSPS) is 12.0. The number of aromatic nitrogens is 1. The van der Waals surface area contributed by atoms with E-state index in [9.17, 15) is 0 Å². The zero-order chi connectivity index (χ0) is 11.7. The molecule has 2 N–H and O–H groups in total. The minimum atomic E-state index is 0.555. The Morgan fingerprint density at radius 2 is 1.94 bits per heavy atom.